The number of benzene rings is 1. The van der Waals surface area contributed by atoms with E-state index in [1.807, 2.05) is 32.2 Å². The molecule has 0 unspecified atom stereocenters. The molecular formula is C15H23NO2. The Kier molecular flexibility index (Phi) is 7.14. The van der Waals surface area contributed by atoms with Gasteiger partial charge in [0.25, 0.3) is 0 Å². The van der Waals surface area contributed by atoms with Crippen molar-refractivity contribution in [1.29, 1.82) is 0 Å². The molecule has 0 amide bonds. The largest absolute Gasteiger partial charge is 0.491 e. The molecule has 3 heteroatoms. The van der Waals surface area contributed by atoms with Gasteiger partial charge >= 0.3 is 0 Å². The molecule has 0 saturated heterocycles. The van der Waals surface area contributed by atoms with Crippen molar-refractivity contribution >= 4 is 0 Å². The standard InChI is InChI=1S/C15H23NO2/c1-13(2)7-8-17-9-10-18-15-6-4-5-14(11-15)12-16-3/h4-6,11,16H,1,7-10,12H2,2-3H3. The Bertz CT molecular complexity index is 363. The molecule has 0 fully saturated rings. The van der Waals surface area contributed by atoms with Crippen LogP contribution in [0.5, 0.6) is 5.75 Å². The molecule has 0 saturated carbocycles. The minimum absolute atomic E-state index is 0.583. The maximum absolute atomic E-state index is 5.62. The Balaban J connectivity index is 2.18. The first kappa shape index (κ1) is 14.7. The second kappa shape index (κ2) is 8.72. The van der Waals surface area contributed by atoms with Gasteiger partial charge in [-0.1, -0.05) is 17.7 Å². The summed E-state index contributed by atoms with van der Waals surface area (Å²) in [6.45, 7) is 8.61. The SMILES string of the molecule is C=C(C)CCOCCOc1cccc(CNC)c1. The van der Waals surface area contributed by atoms with Gasteiger partial charge in [0, 0.05) is 6.54 Å². The van der Waals surface area contributed by atoms with E-state index in [1.165, 1.54) is 5.56 Å². The number of nitrogens with one attached hydrogen (secondary N) is 1. The summed E-state index contributed by atoms with van der Waals surface area (Å²) >= 11 is 0. The lowest BCUT2D eigenvalue weighted by Gasteiger charge is -2.08. The van der Waals surface area contributed by atoms with Crippen LogP contribution in [0.2, 0.25) is 0 Å². The third kappa shape index (κ3) is 6.42. The summed E-state index contributed by atoms with van der Waals surface area (Å²) < 4.78 is 11.1. The van der Waals surface area contributed by atoms with Crippen molar-refractivity contribution < 1.29 is 9.47 Å². The van der Waals surface area contributed by atoms with Crippen molar-refractivity contribution in [3.63, 3.8) is 0 Å². The van der Waals surface area contributed by atoms with Crippen LogP contribution in [-0.2, 0) is 11.3 Å². The van der Waals surface area contributed by atoms with Gasteiger partial charge in [-0.05, 0) is 38.1 Å². The lowest BCUT2D eigenvalue weighted by atomic mass is 10.2. The number of rotatable bonds is 9. The maximum atomic E-state index is 5.62. The molecule has 0 atom stereocenters. The molecule has 3 nitrogen and oxygen atoms in total. The van der Waals surface area contributed by atoms with E-state index in [9.17, 15) is 0 Å². The van der Waals surface area contributed by atoms with Crippen LogP contribution < -0.4 is 10.1 Å². The highest BCUT2D eigenvalue weighted by Crippen LogP contribution is 2.12. The average molecular weight is 249 g/mol. The Morgan fingerprint density at radius 2 is 2.11 bits per heavy atom. The van der Waals surface area contributed by atoms with Crippen molar-refractivity contribution in [3.05, 3.63) is 42.0 Å². The molecule has 0 aromatic heterocycles. The molecule has 100 valence electrons. The van der Waals surface area contributed by atoms with Crippen molar-refractivity contribution in [2.75, 3.05) is 26.9 Å². The van der Waals surface area contributed by atoms with Crippen LogP contribution in [0.3, 0.4) is 0 Å². The van der Waals surface area contributed by atoms with Crippen LogP contribution >= 0.6 is 0 Å². The van der Waals surface area contributed by atoms with Gasteiger partial charge in [0.2, 0.25) is 0 Å². The van der Waals surface area contributed by atoms with E-state index in [0.29, 0.717) is 13.2 Å². The summed E-state index contributed by atoms with van der Waals surface area (Å²) in [7, 11) is 1.93. The predicted molar refractivity (Wildman–Crippen MR) is 75.0 cm³/mol. The van der Waals surface area contributed by atoms with Crippen molar-refractivity contribution in [2.24, 2.45) is 0 Å². The predicted octanol–water partition coefficient (Wildman–Crippen LogP) is 2.77. The van der Waals surface area contributed by atoms with Crippen LogP contribution in [0, 0.1) is 0 Å². The molecule has 0 spiro atoms. The topological polar surface area (TPSA) is 30.5 Å². The molecular weight excluding hydrogens is 226 g/mol. The van der Waals surface area contributed by atoms with Gasteiger partial charge in [-0.3, -0.25) is 0 Å². The molecule has 1 N–H and O–H groups in total. The van der Waals surface area contributed by atoms with Gasteiger partial charge in [-0.15, -0.1) is 6.58 Å². The van der Waals surface area contributed by atoms with Gasteiger partial charge in [0.1, 0.15) is 12.4 Å². The summed E-state index contributed by atoms with van der Waals surface area (Å²) in [6, 6.07) is 8.09. The average Bonchev–Trinajstić information content (AvgIpc) is 2.34. The summed E-state index contributed by atoms with van der Waals surface area (Å²) in [5.41, 5.74) is 2.37. The molecule has 0 aliphatic carbocycles. The normalized spacial score (nSPS) is 10.3. The fourth-order valence-electron chi connectivity index (χ4n) is 1.52. The second-order valence-corrected chi connectivity index (χ2v) is 4.35. The Labute approximate surface area is 110 Å². The quantitative estimate of drug-likeness (QED) is 0.539. The van der Waals surface area contributed by atoms with Crippen molar-refractivity contribution in [3.8, 4) is 5.75 Å². The molecule has 0 heterocycles. The Morgan fingerprint density at radius 1 is 1.28 bits per heavy atom. The fraction of sp³-hybridized carbons (Fsp3) is 0.467. The molecule has 18 heavy (non-hydrogen) atoms. The first-order valence-corrected chi connectivity index (χ1v) is 6.31. The van der Waals surface area contributed by atoms with E-state index >= 15 is 0 Å². The molecule has 0 radical (unpaired) electrons. The van der Waals surface area contributed by atoms with Gasteiger partial charge in [-0.2, -0.15) is 0 Å². The molecule has 0 bridgehead atoms. The summed E-state index contributed by atoms with van der Waals surface area (Å²) in [5, 5.41) is 3.12. The van der Waals surface area contributed by atoms with Crippen LogP contribution in [0.25, 0.3) is 0 Å². The van der Waals surface area contributed by atoms with E-state index in [4.69, 9.17) is 9.47 Å². The fourth-order valence-corrected chi connectivity index (χ4v) is 1.52. The van der Waals surface area contributed by atoms with Crippen LogP contribution in [-0.4, -0.2) is 26.9 Å². The third-order valence-corrected chi connectivity index (χ3v) is 2.45. The summed E-state index contributed by atoms with van der Waals surface area (Å²) in [6.07, 6.45) is 0.914. The smallest absolute Gasteiger partial charge is 0.119 e. The molecule has 1 aromatic rings. The lowest BCUT2D eigenvalue weighted by Crippen LogP contribution is -2.08. The van der Waals surface area contributed by atoms with Gasteiger partial charge < -0.3 is 14.8 Å². The van der Waals surface area contributed by atoms with E-state index < -0.39 is 0 Å². The minimum atomic E-state index is 0.583. The second-order valence-electron chi connectivity index (χ2n) is 4.35. The zero-order valence-electron chi connectivity index (χ0n) is 11.4. The van der Waals surface area contributed by atoms with Crippen LogP contribution in [0.4, 0.5) is 0 Å². The molecule has 1 aromatic carbocycles. The third-order valence-electron chi connectivity index (χ3n) is 2.45. The molecule has 0 aliphatic rings. The first-order valence-electron chi connectivity index (χ1n) is 6.31. The monoisotopic (exact) mass is 249 g/mol. The first-order chi connectivity index (χ1) is 8.72. The van der Waals surface area contributed by atoms with Crippen LogP contribution in [0.15, 0.2) is 36.4 Å². The number of hydrogen-bond acceptors (Lipinski definition) is 3. The zero-order valence-corrected chi connectivity index (χ0v) is 11.4. The maximum Gasteiger partial charge on any atom is 0.119 e. The minimum Gasteiger partial charge on any atom is -0.491 e. The molecule has 1 rings (SSSR count). The van der Waals surface area contributed by atoms with Gasteiger partial charge in [-0.25, -0.2) is 0 Å². The van der Waals surface area contributed by atoms with E-state index in [1.54, 1.807) is 0 Å². The van der Waals surface area contributed by atoms with E-state index in [0.717, 1.165) is 30.9 Å². The van der Waals surface area contributed by atoms with Crippen molar-refractivity contribution in [1.82, 2.24) is 5.32 Å². The zero-order chi connectivity index (χ0) is 13.2. The highest BCUT2D eigenvalue weighted by molar-refractivity contribution is 5.28. The number of hydrogen-bond donors (Lipinski definition) is 1. The van der Waals surface area contributed by atoms with E-state index in [2.05, 4.69) is 18.0 Å². The highest BCUT2D eigenvalue weighted by atomic mass is 16.5. The van der Waals surface area contributed by atoms with Crippen LogP contribution in [0.1, 0.15) is 18.9 Å². The Hall–Kier alpha value is -1.32. The van der Waals surface area contributed by atoms with Crippen molar-refractivity contribution in [2.45, 2.75) is 19.9 Å². The Morgan fingerprint density at radius 3 is 2.83 bits per heavy atom. The van der Waals surface area contributed by atoms with Gasteiger partial charge in [0.15, 0.2) is 0 Å². The summed E-state index contributed by atoms with van der Waals surface area (Å²) in [5.74, 6) is 0.895. The highest BCUT2D eigenvalue weighted by Gasteiger charge is 1.96. The number of ether oxygens (including phenoxy) is 2. The van der Waals surface area contributed by atoms with E-state index in [-0.39, 0.29) is 0 Å². The molecule has 0 aliphatic heterocycles. The van der Waals surface area contributed by atoms with Gasteiger partial charge in [0.05, 0.1) is 13.2 Å². The lowest BCUT2D eigenvalue weighted by molar-refractivity contribution is 0.102. The summed E-state index contributed by atoms with van der Waals surface area (Å²) in [4.78, 5) is 0.